The second-order valence-corrected chi connectivity index (χ2v) is 4.23. The van der Waals surface area contributed by atoms with Gasteiger partial charge in [0.1, 0.15) is 0 Å². The molecular formula is C15H11N5. The normalized spacial score (nSPS) is 8.60. The molecule has 0 fully saturated rings. The molecule has 0 bridgehead atoms. The zero-order valence-corrected chi connectivity index (χ0v) is 11.4. The van der Waals surface area contributed by atoms with Gasteiger partial charge in [-0.2, -0.15) is 21.7 Å². The smallest absolute Gasteiger partial charge is 0.369 e. The first-order valence-electron chi connectivity index (χ1n) is 5.72. The van der Waals surface area contributed by atoms with Gasteiger partial charge in [-0.1, -0.05) is 5.56 Å². The molecule has 20 heavy (non-hydrogen) atoms. The van der Waals surface area contributed by atoms with Gasteiger partial charge in [0.25, 0.3) is 0 Å². The SMILES string of the molecule is Cc1cc(C)c([N+](C(=C=[N-])C#N)=C(C#N)C#N)c(C)c1. The van der Waals surface area contributed by atoms with Crippen LogP contribution >= 0.6 is 0 Å². The van der Waals surface area contributed by atoms with Gasteiger partial charge in [-0.05, 0) is 32.9 Å². The largest absolute Gasteiger partial charge is 0.757 e. The van der Waals surface area contributed by atoms with E-state index in [1.807, 2.05) is 19.1 Å². The van der Waals surface area contributed by atoms with Crippen LogP contribution in [0, 0.1) is 54.8 Å². The van der Waals surface area contributed by atoms with E-state index in [2.05, 4.69) is 0 Å². The van der Waals surface area contributed by atoms with Crippen LogP contribution in [0.1, 0.15) is 16.7 Å². The van der Waals surface area contributed by atoms with E-state index in [-0.39, 0.29) is 11.4 Å². The van der Waals surface area contributed by atoms with Crippen molar-refractivity contribution in [2.24, 2.45) is 0 Å². The summed E-state index contributed by atoms with van der Waals surface area (Å²) in [5.41, 5.74) is 2.50. The van der Waals surface area contributed by atoms with Crippen LogP contribution in [0.3, 0.4) is 0 Å². The number of hydrogen-bond acceptors (Lipinski definition) is 3. The molecular weight excluding hydrogens is 250 g/mol. The molecule has 5 heteroatoms. The third kappa shape index (κ3) is 2.62. The third-order valence-corrected chi connectivity index (χ3v) is 2.73. The van der Waals surface area contributed by atoms with Crippen molar-refractivity contribution in [3.63, 3.8) is 0 Å². The molecule has 96 valence electrons. The van der Waals surface area contributed by atoms with Crippen LogP contribution in [0.15, 0.2) is 17.8 Å². The summed E-state index contributed by atoms with van der Waals surface area (Å²) in [7, 11) is 0. The number of nitriles is 3. The van der Waals surface area contributed by atoms with E-state index in [0.717, 1.165) is 21.3 Å². The Morgan fingerprint density at radius 3 is 1.85 bits per heavy atom. The highest BCUT2D eigenvalue weighted by Crippen LogP contribution is 2.27. The molecule has 0 unspecified atom stereocenters. The summed E-state index contributed by atoms with van der Waals surface area (Å²) in [6, 6.07) is 8.92. The Kier molecular flexibility index (Phi) is 4.55. The molecule has 5 nitrogen and oxygen atoms in total. The van der Waals surface area contributed by atoms with Crippen LogP contribution in [0.5, 0.6) is 0 Å². The van der Waals surface area contributed by atoms with Gasteiger partial charge in [-0.3, -0.25) is 0 Å². The Morgan fingerprint density at radius 1 is 1.00 bits per heavy atom. The number of hydrogen-bond donors (Lipinski definition) is 0. The third-order valence-electron chi connectivity index (χ3n) is 2.73. The predicted molar refractivity (Wildman–Crippen MR) is 74.3 cm³/mol. The molecule has 0 saturated carbocycles. The van der Waals surface area contributed by atoms with Gasteiger partial charge in [-0.25, -0.2) is 0 Å². The quantitative estimate of drug-likeness (QED) is 0.464. The minimum atomic E-state index is -0.307. The first-order valence-corrected chi connectivity index (χ1v) is 5.72. The molecule has 0 N–H and O–H groups in total. The molecule has 0 radical (unpaired) electrons. The lowest BCUT2D eigenvalue weighted by Crippen LogP contribution is -2.16. The van der Waals surface area contributed by atoms with Crippen molar-refractivity contribution < 1.29 is 4.58 Å². The maximum atomic E-state index is 9.05. The maximum absolute atomic E-state index is 9.05. The Bertz CT molecular complexity index is 733. The van der Waals surface area contributed by atoms with Crippen molar-refractivity contribution in [1.82, 2.24) is 0 Å². The van der Waals surface area contributed by atoms with E-state index in [0.29, 0.717) is 5.69 Å². The molecule has 0 amide bonds. The first kappa shape index (κ1) is 14.9. The Balaban J connectivity index is 3.91. The molecule has 0 heterocycles. The summed E-state index contributed by atoms with van der Waals surface area (Å²) in [6.45, 7) is 5.54. The zero-order valence-electron chi connectivity index (χ0n) is 11.4. The van der Waals surface area contributed by atoms with E-state index in [9.17, 15) is 0 Å². The topological polar surface area (TPSA) is 96.7 Å². The Hall–Kier alpha value is -3.19. The Morgan fingerprint density at radius 2 is 1.50 bits per heavy atom. The number of rotatable bonds is 2. The van der Waals surface area contributed by atoms with E-state index in [4.69, 9.17) is 21.2 Å². The highest BCUT2D eigenvalue weighted by Gasteiger charge is 2.26. The Labute approximate surface area is 117 Å². The fraction of sp³-hybridized carbons (Fsp3) is 0.200. The molecule has 1 aromatic carbocycles. The highest BCUT2D eigenvalue weighted by atomic mass is 15.0. The minimum absolute atomic E-state index is 0.307. The average molecular weight is 261 g/mol. The fourth-order valence-corrected chi connectivity index (χ4v) is 2.11. The van der Waals surface area contributed by atoms with Crippen LogP contribution in [0.25, 0.3) is 5.41 Å². The number of nitrogens with zero attached hydrogens (tertiary/aromatic N) is 5. The van der Waals surface area contributed by atoms with Gasteiger partial charge in [0.05, 0.1) is 0 Å². The van der Waals surface area contributed by atoms with Crippen molar-refractivity contribution in [2.45, 2.75) is 20.8 Å². The van der Waals surface area contributed by atoms with Crippen molar-refractivity contribution in [3.8, 4) is 18.2 Å². The van der Waals surface area contributed by atoms with Crippen LogP contribution in [-0.4, -0.2) is 16.2 Å². The summed E-state index contributed by atoms with van der Waals surface area (Å²) in [4.78, 5) is 0. The minimum Gasteiger partial charge on any atom is -0.757 e. The summed E-state index contributed by atoms with van der Waals surface area (Å²) in [5.74, 6) is 1.73. The molecule has 0 saturated heterocycles. The molecule has 1 aromatic rings. The van der Waals surface area contributed by atoms with Crippen LogP contribution in [0.2, 0.25) is 0 Å². The lowest BCUT2D eigenvalue weighted by molar-refractivity contribution is -0.371. The van der Waals surface area contributed by atoms with Crippen molar-refractivity contribution >= 4 is 17.3 Å². The van der Waals surface area contributed by atoms with Gasteiger partial charge in [0.15, 0.2) is 18.2 Å². The van der Waals surface area contributed by atoms with E-state index in [1.54, 1.807) is 37.9 Å². The second kappa shape index (κ2) is 6.12. The summed E-state index contributed by atoms with van der Waals surface area (Å²) < 4.78 is 1.12. The average Bonchev–Trinajstić information content (AvgIpc) is 2.39. The maximum Gasteiger partial charge on any atom is 0.369 e. The molecule has 0 aliphatic heterocycles. The van der Waals surface area contributed by atoms with Crippen LogP contribution < -0.4 is 0 Å². The van der Waals surface area contributed by atoms with E-state index >= 15 is 0 Å². The summed E-state index contributed by atoms with van der Waals surface area (Å²) in [6.07, 6.45) is 0. The lowest BCUT2D eigenvalue weighted by Gasteiger charge is -2.08. The van der Waals surface area contributed by atoms with Crippen LogP contribution in [0.4, 0.5) is 5.69 Å². The molecule has 0 aromatic heterocycles. The van der Waals surface area contributed by atoms with Crippen molar-refractivity contribution in [2.75, 3.05) is 0 Å². The summed E-state index contributed by atoms with van der Waals surface area (Å²) >= 11 is 0. The monoisotopic (exact) mass is 261 g/mol. The molecule has 0 atom stereocenters. The lowest BCUT2D eigenvalue weighted by atomic mass is 10.0. The van der Waals surface area contributed by atoms with Gasteiger partial charge in [-0.15, -0.1) is 4.58 Å². The predicted octanol–water partition coefficient (Wildman–Crippen LogP) is 2.39. The molecule has 0 aliphatic carbocycles. The zero-order chi connectivity index (χ0) is 15.3. The van der Waals surface area contributed by atoms with E-state index < -0.39 is 0 Å². The molecule has 1 rings (SSSR count). The number of benzene rings is 1. The standard InChI is InChI=1S/C15H11N5/c1-10-4-11(2)15(12(3)5-10)20(13(6-16)7-17)14(8-18)9-19/h4-5H,1-3H3. The van der Waals surface area contributed by atoms with Gasteiger partial charge < -0.3 is 5.41 Å². The second-order valence-electron chi connectivity index (χ2n) is 4.23. The van der Waals surface area contributed by atoms with Crippen LogP contribution in [-0.2, 0) is 0 Å². The van der Waals surface area contributed by atoms with Crippen molar-refractivity contribution in [3.05, 3.63) is 39.9 Å². The van der Waals surface area contributed by atoms with Gasteiger partial charge >= 0.3 is 11.4 Å². The van der Waals surface area contributed by atoms with E-state index in [1.165, 1.54) is 0 Å². The first-order chi connectivity index (χ1) is 9.49. The van der Waals surface area contributed by atoms with Gasteiger partial charge in [0.2, 0.25) is 5.69 Å². The fourth-order valence-electron chi connectivity index (χ4n) is 2.11. The summed E-state index contributed by atoms with van der Waals surface area (Å²) in [5, 5.41) is 36.2. The number of allylic oxidation sites excluding steroid dienone is 1. The molecule has 0 spiro atoms. The number of aryl methyl sites for hydroxylation is 3. The highest BCUT2D eigenvalue weighted by molar-refractivity contribution is 6.07. The molecule has 0 aliphatic rings. The van der Waals surface area contributed by atoms with Crippen molar-refractivity contribution in [1.29, 1.82) is 15.8 Å². The van der Waals surface area contributed by atoms with Gasteiger partial charge in [0, 0.05) is 11.1 Å².